The van der Waals surface area contributed by atoms with Crippen LogP contribution >= 0.6 is 0 Å². The van der Waals surface area contributed by atoms with Gasteiger partial charge in [0.15, 0.2) is 0 Å². The molecule has 0 aromatic heterocycles. The van der Waals surface area contributed by atoms with Gasteiger partial charge in [-0.2, -0.15) is 13.2 Å². The molecule has 0 spiro atoms. The summed E-state index contributed by atoms with van der Waals surface area (Å²) in [6, 6.07) is 4.65. The van der Waals surface area contributed by atoms with E-state index in [1.807, 2.05) is 0 Å². The Morgan fingerprint density at radius 1 is 1.11 bits per heavy atom. The minimum Gasteiger partial charge on any atom is -0.278 e. The molecule has 0 radical (unpaired) electrons. The summed E-state index contributed by atoms with van der Waals surface area (Å²) in [6.07, 6.45) is -4.15. The van der Waals surface area contributed by atoms with Crippen LogP contribution in [-0.4, -0.2) is 16.7 Å². The number of carbonyl (C=O) groups excluding carboxylic acids is 2. The first-order valence-corrected chi connectivity index (χ1v) is 5.37. The Bertz CT molecular complexity index is 480. The van der Waals surface area contributed by atoms with E-state index in [0.717, 1.165) is 17.0 Å². The summed E-state index contributed by atoms with van der Waals surface area (Å²) < 4.78 is 37.5. The van der Waals surface area contributed by atoms with Gasteiger partial charge in [0.25, 0.3) is 0 Å². The van der Waals surface area contributed by atoms with Crippen molar-refractivity contribution < 1.29 is 22.8 Å². The number of hydrogen-bond acceptors (Lipinski definition) is 2. The molecule has 96 valence electrons. The molecule has 1 aromatic carbocycles. The number of halogens is 3. The number of benzene rings is 1. The Balaban J connectivity index is 2.20. The van der Waals surface area contributed by atoms with E-state index in [4.69, 9.17) is 0 Å². The normalized spacial score (nSPS) is 16.5. The second kappa shape index (κ2) is 4.44. The molecular weight excluding hydrogens is 247 g/mol. The van der Waals surface area contributed by atoms with Gasteiger partial charge in [-0.05, 0) is 17.7 Å². The highest BCUT2D eigenvalue weighted by Gasteiger charge is 2.32. The second-order valence-corrected chi connectivity index (χ2v) is 4.07. The molecule has 2 amide bonds. The number of rotatable bonds is 2. The number of carbonyl (C=O) groups is 2. The Morgan fingerprint density at radius 2 is 1.72 bits per heavy atom. The summed E-state index contributed by atoms with van der Waals surface area (Å²) in [7, 11) is 0. The lowest BCUT2D eigenvalue weighted by molar-refractivity contribution is -0.139. The van der Waals surface area contributed by atoms with Crippen LogP contribution in [0.25, 0.3) is 0 Å². The molecule has 1 heterocycles. The Morgan fingerprint density at radius 3 is 2.28 bits per heavy atom. The molecule has 1 fully saturated rings. The Labute approximate surface area is 101 Å². The fourth-order valence-corrected chi connectivity index (χ4v) is 1.83. The molecule has 6 heteroatoms. The van der Waals surface area contributed by atoms with Crippen LogP contribution in [0.15, 0.2) is 24.3 Å². The molecule has 0 aliphatic carbocycles. The van der Waals surface area contributed by atoms with Gasteiger partial charge >= 0.3 is 6.18 Å². The van der Waals surface area contributed by atoms with E-state index in [-0.39, 0.29) is 31.2 Å². The summed E-state index contributed by atoms with van der Waals surface area (Å²) >= 11 is 0. The predicted molar refractivity (Wildman–Crippen MR) is 56.2 cm³/mol. The standard InChI is InChI=1S/C12H10F3NO2/c13-12(14,15)9-3-1-2-8(6-9)7-16-10(17)4-5-11(16)18/h1-3,6H,4-5,7H2. The predicted octanol–water partition coefficient (Wildman–Crippen LogP) is 2.35. The Kier molecular flexibility index (Phi) is 3.11. The summed E-state index contributed by atoms with van der Waals surface area (Å²) in [5.41, 5.74) is -0.479. The van der Waals surface area contributed by atoms with E-state index in [2.05, 4.69) is 0 Å². The van der Waals surface area contributed by atoms with Gasteiger partial charge < -0.3 is 0 Å². The number of hydrogen-bond donors (Lipinski definition) is 0. The number of amides is 2. The van der Waals surface area contributed by atoms with Crippen LogP contribution < -0.4 is 0 Å². The average molecular weight is 257 g/mol. The zero-order valence-corrected chi connectivity index (χ0v) is 9.33. The molecule has 0 N–H and O–H groups in total. The van der Waals surface area contributed by atoms with E-state index in [0.29, 0.717) is 5.56 Å². The van der Waals surface area contributed by atoms with Crippen molar-refractivity contribution in [2.24, 2.45) is 0 Å². The summed E-state index contributed by atoms with van der Waals surface area (Å²) in [5.74, 6) is -0.671. The van der Waals surface area contributed by atoms with Gasteiger partial charge in [-0.15, -0.1) is 0 Å². The minimum absolute atomic E-state index is 0.0956. The monoisotopic (exact) mass is 257 g/mol. The highest BCUT2D eigenvalue weighted by Crippen LogP contribution is 2.30. The van der Waals surface area contributed by atoms with E-state index >= 15 is 0 Å². The highest BCUT2D eigenvalue weighted by atomic mass is 19.4. The maximum absolute atomic E-state index is 12.5. The first kappa shape index (κ1) is 12.6. The summed E-state index contributed by atoms with van der Waals surface area (Å²) in [6.45, 7) is -0.0956. The molecule has 1 aliphatic heterocycles. The van der Waals surface area contributed by atoms with E-state index in [1.165, 1.54) is 12.1 Å². The molecule has 1 saturated heterocycles. The van der Waals surface area contributed by atoms with Gasteiger partial charge in [0.05, 0.1) is 12.1 Å². The number of nitrogens with zero attached hydrogens (tertiary/aromatic N) is 1. The smallest absolute Gasteiger partial charge is 0.278 e. The van der Waals surface area contributed by atoms with Crippen LogP contribution in [0.4, 0.5) is 13.2 Å². The van der Waals surface area contributed by atoms with Crippen molar-refractivity contribution in [3.8, 4) is 0 Å². The molecule has 0 bridgehead atoms. The SMILES string of the molecule is O=C1CCC(=O)N1Cc1cccc(C(F)(F)F)c1. The molecule has 0 unspecified atom stereocenters. The van der Waals surface area contributed by atoms with E-state index < -0.39 is 11.7 Å². The van der Waals surface area contributed by atoms with Crippen LogP contribution in [0.2, 0.25) is 0 Å². The van der Waals surface area contributed by atoms with Crippen molar-refractivity contribution >= 4 is 11.8 Å². The second-order valence-electron chi connectivity index (χ2n) is 4.07. The number of likely N-dealkylation sites (tertiary alicyclic amines) is 1. The van der Waals surface area contributed by atoms with Gasteiger partial charge in [0, 0.05) is 12.8 Å². The van der Waals surface area contributed by atoms with E-state index in [9.17, 15) is 22.8 Å². The first-order valence-electron chi connectivity index (χ1n) is 5.37. The van der Waals surface area contributed by atoms with Crippen molar-refractivity contribution in [2.75, 3.05) is 0 Å². The fraction of sp³-hybridized carbons (Fsp3) is 0.333. The third-order valence-electron chi connectivity index (χ3n) is 2.75. The van der Waals surface area contributed by atoms with Crippen molar-refractivity contribution in [3.05, 3.63) is 35.4 Å². The summed E-state index contributed by atoms with van der Waals surface area (Å²) in [5, 5.41) is 0. The highest BCUT2D eigenvalue weighted by molar-refractivity contribution is 6.01. The zero-order chi connectivity index (χ0) is 13.3. The lowest BCUT2D eigenvalue weighted by atomic mass is 10.1. The van der Waals surface area contributed by atoms with Crippen molar-refractivity contribution in [2.45, 2.75) is 25.6 Å². The number of imide groups is 1. The van der Waals surface area contributed by atoms with Crippen LogP contribution in [0, 0.1) is 0 Å². The van der Waals surface area contributed by atoms with Gasteiger partial charge in [-0.25, -0.2) is 0 Å². The molecule has 3 nitrogen and oxygen atoms in total. The lowest BCUT2D eigenvalue weighted by Crippen LogP contribution is -2.28. The van der Waals surface area contributed by atoms with Crippen molar-refractivity contribution in [1.29, 1.82) is 0 Å². The molecule has 2 rings (SSSR count). The van der Waals surface area contributed by atoms with Crippen LogP contribution in [0.3, 0.4) is 0 Å². The maximum atomic E-state index is 12.5. The maximum Gasteiger partial charge on any atom is 0.416 e. The van der Waals surface area contributed by atoms with Crippen LogP contribution in [0.5, 0.6) is 0 Å². The van der Waals surface area contributed by atoms with Gasteiger partial charge in [-0.3, -0.25) is 14.5 Å². The van der Waals surface area contributed by atoms with Crippen LogP contribution in [0.1, 0.15) is 24.0 Å². The van der Waals surface area contributed by atoms with Crippen LogP contribution in [-0.2, 0) is 22.3 Å². The van der Waals surface area contributed by atoms with E-state index in [1.54, 1.807) is 0 Å². The van der Waals surface area contributed by atoms with Gasteiger partial charge in [0.2, 0.25) is 11.8 Å². The largest absolute Gasteiger partial charge is 0.416 e. The van der Waals surface area contributed by atoms with Crippen molar-refractivity contribution in [1.82, 2.24) is 4.90 Å². The van der Waals surface area contributed by atoms with Gasteiger partial charge in [0.1, 0.15) is 0 Å². The Hall–Kier alpha value is -1.85. The fourth-order valence-electron chi connectivity index (χ4n) is 1.83. The molecule has 18 heavy (non-hydrogen) atoms. The third kappa shape index (κ3) is 2.52. The number of alkyl halides is 3. The first-order chi connectivity index (χ1) is 8.38. The lowest BCUT2D eigenvalue weighted by Gasteiger charge is -2.15. The van der Waals surface area contributed by atoms with Gasteiger partial charge in [-0.1, -0.05) is 12.1 Å². The molecular formula is C12H10F3NO2. The topological polar surface area (TPSA) is 37.4 Å². The average Bonchev–Trinajstić information content (AvgIpc) is 2.60. The zero-order valence-electron chi connectivity index (χ0n) is 9.33. The molecule has 1 aliphatic rings. The third-order valence-corrected chi connectivity index (χ3v) is 2.75. The molecule has 0 atom stereocenters. The quantitative estimate of drug-likeness (QED) is 0.763. The summed E-state index contributed by atoms with van der Waals surface area (Å²) in [4.78, 5) is 23.7. The van der Waals surface area contributed by atoms with Crippen molar-refractivity contribution in [3.63, 3.8) is 0 Å². The minimum atomic E-state index is -4.42. The molecule has 1 aromatic rings. The molecule has 0 saturated carbocycles.